The zero-order valence-electron chi connectivity index (χ0n) is 15.7. The molecule has 7 nitrogen and oxygen atoms in total. The van der Waals surface area contributed by atoms with Crippen LogP contribution in [0.5, 0.6) is 0 Å². The zero-order valence-corrected chi connectivity index (χ0v) is 17.3. The van der Waals surface area contributed by atoms with Gasteiger partial charge in [0.25, 0.3) is 0 Å². The van der Waals surface area contributed by atoms with Crippen molar-refractivity contribution >= 4 is 26.3 Å². The zero-order chi connectivity index (χ0) is 18.9. The lowest BCUT2D eigenvalue weighted by Crippen LogP contribution is -2.21. The monoisotopic (exact) mass is 398 g/mol. The molecule has 1 saturated carbocycles. The van der Waals surface area contributed by atoms with Gasteiger partial charge in [-0.25, -0.2) is 13.4 Å². The highest BCUT2D eigenvalue weighted by Crippen LogP contribution is 2.34. The van der Waals surface area contributed by atoms with E-state index in [1.807, 2.05) is 20.8 Å². The van der Waals surface area contributed by atoms with Crippen LogP contribution in [-0.2, 0) is 15.3 Å². The van der Waals surface area contributed by atoms with Crippen LogP contribution in [0.15, 0.2) is 15.0 Å². The number of oxazole rings is 1. The summed E-state index contributed by atoms with van der Waals surface area (Å²) in [6, 6.07) is 0.353. The molecule has 144 valence electrons. The number of anilines is 1. The molecule has 0 bridgehead atoms. The Morgan fingerprint density at radius 3 is 2.54 bits per heavy atom. The van der Waals surface area contributed by atoms with E-state index in [0.717, 1.165) is 24.2 Å². The van der Waals surface area contributed by atoms with Crippen molar-refractivity contribution in [2.45, 2.75) is 80.8 Å². The number of sulfone groups is 1. The SMILES string of the molecule is CC(c1ncc(C(C)(C)C)o1)S(=O)(=O)c1nnc(NC2CCCCC2)s1. The van der Waals surface area contributed by atoms with Crippen LogP contribution in [0.2, 0.25) is 0 Å². The maximum atomic E-state index is 12.9. The van der Waals surface area contributed by atoms with Crippen molar-refractivity contribution in [1.29, 1.82) is 0 Å². The maximum Gasteiger partial charge on any atom is 0.235 e. The predicted octanol–water partition coefficient (Wildman–Crippen LogP) is 4.10. The molecule has 1 atom stereocenters. The standard InChI is InChI=1S/C17H26N4O3S2/c1-11(14-18-10-13(24-14)17(2,3)4)26(22,23)16-21-20-15(25-16)19-12-8-6-5-7-9-12/h10-12H,5-9H2,1-4H3,(H,19,20). The average Bonchev–Trinajstić information content (AvgIpc) is 3.24. The second-order valence-corrected chi connectivity index (χ2v) is 11.3. The molecule has 0 radical (unpaired) electrons. The van der Waals surface area contributed by atoms with Gasteiger partial charge in [-0.2, -0.15) is 0 Å². The minimum Gasteiger partial charge on any atom is -0.444 e. The lowest BCUT2D eigenvalue weighted by Gasteiger charge is -2.21. The fraction of sp³-hybridized carbons (Fsp3) is 0.706. The van der Waals surface area contributed by atoms with Gasteiger partial charge in [0.1, 0.15) is 11.0 Å². The van der Waals surface area contributed by atoms with Gasteiger partial charge >= 0.3 is 0 Å². The van der Waals surface area contributed by atoms with Crippen molar-refractivity contribution < 1.29 is 12.8 Å². The van der Waals surface area contributed by atoms with Crippen LogP contribution < -0.4 is 5.32 Å². The molecule has 2 aromatic heterocycles. The second-order valence-electron chi connectivity index (χ2n) is 7.85. The summed E-state index contributed by atoms with van der Waals surface area (Å²) < 4.78 is 31.4. The third-order valence-corrected chi connectivity index (χ3v) is 7.96. The molecule has 1 N–H and O–H groups in total. The van der Waals surface area contributed by atoms with E-state index in [2.05, 4.69) is 20.5 Å². The Balaban J connectivity index is 1.76. The van der Waals surface area contributed by atoms with Gasteiger partial charge in [0.15, 0.2) is 0 Å². The lowest BCUT2D eigenvalue weighted by atomic mass is 9.94. The summed E-state index contributed by atoms with van der Waals surface area (Å²) in [6.07, 6.45) is 7.42. The van der Waals surface area contributed by atoms with Gasteiger partial charge in [0.05, 0.1) is 6.20 Å². The van der Waals surface area contributed by atoms with Crippen molar-refractivity contribution in [3.63, 3.8) is 0 Å². The van der Waals surface area contributed by atoms with Crippen molar-refractivity contribution in [3.8, 4) is 0 Å². The van der Waals surface area contributed by atoms with E-state index in [1.54, 1.807) is 13.1 Å². The van der Waals surface area contributed by atoms with Crippen LogP contribution in [0.3, 0.4) is 0 Å². The molecule has 1 aliphatic rings. The summed E-state index contributed by atoms with van der Waals surface area (Å²) in [7, 11) is -3.70. The highest BCUT2D eigenvalue weighted by atomic mass is 32.2. The summed E-state index contributed by atoms with van der Waals surface area (Å²) in [5, 5.41) is 10.9. The molecular weight excluding hydrogens is 372 g/mol. The lowest BCUT2D eigenvalue weighted by molar-refractivity contribution is 0.380. The van der Waals surface area contributed by atoms with Gasteiger partial charge < -0.3 is 9.73 Å². The Bertz CT molecular complexity index is 845. The van der Waals surface area contributed by atoms with Crippen LogP contribution in [0.25, 0.3) is 0 Å². The van der Waals surface area contributed by atoms with E-state index < -0.39 is 15.1 Å². The quantitative estimate of drug-likeness (QED) is 0.809. The van der Waals surface area contributed by atoms with Gasteiger partial charge in [-0.05, 0) is 19.8 Å². The Kier molecular flexibility index (Phi) is 5.39. The number of hydrogen-bond acceptors (Lipinski definition) is 8. The Labute approximate surface area is 158 Å². The average molecular weight is 399 g/mol. The van der Waals surface area contributed by atoms with Crippen molar-refractivity contribution in [1.82, 2.24) is 15.2 Å². The Hall–Kier alpha value is -1.48. The number of aromatic nitrogens is 3. The van der Waals surface area contributed by atoms with Crippen molar-refractivity contribution in [2.24, 2.45) is 0 Å². The number of nitrogens with one attached hydrogen (secondary N) is 1. The summed E-state index contributed by atoms with van der Waals surface area (Å²) in [5.74, 6) is 0.846. The molecule has 1 unspecified atom stereocenters. The summed E-state index contributed by atoms with van der Waals surface area (Å²) in [4.78, 5) is 4.17. The first-order chi connectivity index (χ1) is 12.2. The number of hydrogen-bond donors (Lipinski definition) is 1. The van der Waals surface area contributed by atoms with Crippen LogP contribution >= 0.6 is 11.3 Å². The summed E-state index contributed by atoms with van der Waals surface area (Å²) in [6.45, 7) is 7.54. The molecule has 9 heteroatoms. The highest BCUT2D eigenvalue weighted by Gasteiger charge is 2.33. The predicted molar refractivity (Wildman–Crippen MR) is 101 cm³/mol. The first-order valence-corrected chi connectivity index (χ1v) is 11.3. The molecule has 1 fully saturated rings. The van der Waals surface area contributed by atoms with Gasteiger partial charge in [-0.3, -0.25) is 0 Å². The molecule has 1 aliphatic carbocycles. The molecule has 0 amide bonds. The van der Waals surface area contributed by atoms with E-state index in [9.17, 15) is 8.42 Å². The van der Waals surface area contributed by atoms with E-state index >= 15 is 0 Å². The van der Waals surface area contributed by atoms with Crippen LogP contribution in [0.1, 0.15) is 76.7 Å². The third-order valence-electron chi connectivity index (χ3n) is 4.66. The largest absolute Gasteiger partial charge is 0.444 e. The van der Waals surface area contributed by atoms with E-state index in [0.29, 0.717) is 16.9 Å². The van der Waals surface area contributed by atoms with Crippen LogP contribution in [0, 0.1) is 0 Å². The number of nitrogens with zero attached hydrogens (tertiary/aromatic N) is 3. The first kappa shape index (κ1) is 19.3. The van der Waals surface area contributed by atoms with Gasteiger partial charge in [0, 0.05) is 11.5 Å². The molecule has 2 aromatic rings. The topological polar surface area (TPSA) is 98.0 Å². The first-order valence-electron chi connectivity index (χ1n) is 8.98. The summed E-state index contributed by atoms with van der Waals surface area (Å²) >= 11 is 1.08. The highest BCUT2D eigenvalue weighted by molar-refractivity contribution is 7.93. The second kappa shape index (κ2) is 7.26. The molecule has 3 rings (SSSR count). The minimum atomic E-state index is -3.70. The molecule has 0 aromatic carbocycles. The third kappa shape index (κ3) is 4.09. The smallest absolute Gasteiger partial charge is 0.235 e. The molecule has 26 heavy (non-hydrogen) atoms. The van der Waals surface area contributed by atoms with Crippen molar-refractivity contribution in [3.05, 3.63) is 17.8 Å². The van der Waals surface area contributed by atoms with E-state index in [-0.39, 0.29) is 15.6 Å². The molecule has 0 spiro atoms. The normalized spacial score (nSPS) is 18.0. The van der Waals surface area contributed by atoms with Crippen LogP contribution in [0.4, 0.5) is 5.13 Å². The maximum absolute atomic E-state index is 12.9. The Morgan fingerprint density at radius 2 is 1.92 bits per heavy atom. The van der Waals surface area contributed by atoms with Gasteiger partial charge in [-0.15, -0.1) is 10.2 Å². The fourth-order valence-electron chi connectivity index (χ4n) is 2.91. The van der Waals surface area contributed by atoms with Gasteiger partial charge in [-0.1, -0.05) is 51.4 Å². The van der Waals surface area contributed by atoms with Gasteiger partial charge in [0.2, 0.25) is 25.2 Å². The molecule has 0 aliphatic heterocycles. The van der Waals surface area contributed by atoms with Crippen molar-refractivity contribution in [2.75, 3.05) is 5.32 Å². The minimum absolute atomic E-state index is 0.00109. The Morgan fingerprint density at radius 1 is 1.23 bits per heavy atom. The van der Waals surface area contributed by atoms with E-state index in [1.165, 1.54) is 19.3 Å². The molecular formula is C17H26N4O3S2. The van der Waals surface area contributed by atoms with E-state index in [4.69, 9.17) is 4.42 Å². The summed E-state index contributed by atoms with van der Waals surface area (Å²) in [5.41, 5.74) is -0.228. The van der Waals surface area contributed by atoms with Crippen LogP contribution in [-0.4, -0.2) is 29.6 Å². The number of rotatable bonds is 5. The molecule has 2 heterocycles. The fourth-order valence-corrected chi connectivity index (χ4v) is 5.43. The molecule has 0 saturated heterocycles.